The number of ketones is 1. The van der Waals surface area contributed by atoms with Gasteiger partial charge in [-0.2, -0.15) is 8.42 Å². The van der Waals surface area contributed by atoms with Crippen molar-refractivity contribution in [2.24, 2.45) is 4.40 Å². The minimum atomic E-state index is -4.08. The zero-order chi connectivity index (χ0) is 20.1. The van der Waals surface area contributed by atoms with Crippen molar-refractivity contribution in [2.45, 2.75) is 11.8 Å². The lowest BCUT2D eigenvalue weighted by Gasteiger charge is -2.11. The second kappa shape index (κ2) is 8.14. The van der Waals surface area contributed by atoms with Crippen LogP contribution in [0.3, 0.4) is 0 Å². The molecule has 0 saturated carbocycles. The molecule has 3 aromatic carbocycles. The van der Waals surface area contributed by atoms with Crippen molar-refractivity contribution in [1.29, 1.82) is 0 Å². The highest BCUT2D eigenvalue weighted by Crippen LogP contribution is 2.17. The first-order valence-electron chi connectivity index (χ1n) is 8.39. The Balaban J connectivity index is 2.05. The summed E-state index contributed by atoms with van der Waals surface area (Å²) >= 11 is 0. The Morgan fingerprint density at radius 2 is 1.54 bits per heavy atom. The van der Waals surface area contributed by atoms with E-state index in [1.165, 1.54) is 6.92 Å². The Kier molecular flexibility index (Phi) is 5.65. The second-order valence-electron chi connectivity index (χ2n) is 6.00. The first-order chi connectivity index (χ1) is 13.3. The molecule has 1 N–H and O–H groups in total. The van der Waals surface area contributed by atoms with Gasteiger partial charge >= 0.3 is 0 Å². The number of hydrogen-bond donors (Lipinski definition) is 1. The summed E-state index contributed by atoms with van der Waals surface area (Å²) in [7, 11) is -4.08. The van der Waals surface area contributed by atoms with Crippen LogP contribution < -0.4 is 5.32 Å². The van der Waals surface area contributed by atoms with Gasteiger partial charge in [0.1, 0.15) is 5.82 Å². The molecule has 3 rings (SSSR count). The molecule has 7 heteroatoms. The van der Waals surface area contributed by atoms with E-state index in [-0.39, 0.29) is 16.5 Å². The summed E-state index contributed by atoms with van der Waals surface area (Å²) in [6.45, 7) is 1.45. The third-order valence-electron chi connectivity index (χ3n) is 3.90. The quantitative estimate of drug-likeness (QED) is 0.397. The number of Topliss-reactive ketones (excluding diaryl/α,β-unsaturated/α-hetero) is 1. The molecule has 28 heavy (non-hydrogen) atoms. The topological polar surface area (TPSA) is 75.6 Å². The summed E-state index contributed by atoms with van der Waals surface area (Å²) in [4.78, 5) is 11.5. The van der Waals surface area contributed by atoms with Crippen LogP contribution in [0.4, 0.5) is 10.1 Å². The van der Waals surface area contributed by atoms with E-state index in [9.17, 15) is 17.6 Å². The number of halogens is 1. The van der Waals surface area contributed by atoms with Crippen LogP contribution in [0, 0.1) is 5.82 Å². The van der Waals surface area contributed by atoms with Gasteiger partial charge in [-0.1, -0.05) is 42.5 Å². The van der Waals surface area contributed by atoms with Crippen LogP contribution in [0.2, 0.25) is 0 Å². The summed E-state index contributed by atoms with van der Waals surface area (Å²) in [5, 5.41) is 2.97. The molecular weight excluding hydrogens is 379 g/mol. The third-order valence-corrected chi connectivity index (χ3v) is 5.19. The number of carbonyl (C=O) groups is 1. The van der Waals surface area contributed by atoms with E-state index in [2.05, 4.69) is 9.71 Å². The zero-order valence-electron chi connectivity index (χ0n) is 15.0. The van der Waals surface area contributed by atoms with Crippen molar-refractivity contribution in [3.05, 3.63) is 95.8 Å². The molecule has 0 radical (unpaired) electrons. The van der Waals surface area contributed by atoms with Gasteiger partial charge in [-0.15, -0.1) is 4.40 Å². The standard InChI is InChI=1S/C21H17FN2O3S/c1-15(25)17-8-5-9-19(14-17)23-21(16-6-3-2-4-7-16)24-28(26,27)20-12-10-18(22)11-13-20/h2-14H,1H3,(H,23,24). The van der Waals surface area contributed by atoms with Crippen LogP contribution in [0.5, 0.6) is 0 Å². The molecular formula is C21H17FN2O3S. The fraction of sp³-hybridized carbons (Fsp3) is 0.0476. The molecule has 0 spiro atoms. The lowest BCUT2D eigenvalue weighted by Crippen LogP contribution is -2.16. The largest absolute Gasteiger partial charge is 0.339 e. The first kappa shape index (κ1) is 19.4. The average molecular weight is 396 g/mol. The van der Waals surface area contributed by atoms with Gasteiger partial charge in [0.25, 0.3) is 10.0 Å². The summed E-state index contributed by atoms with van der Waals surface area (Å²) in [6.07, 6.45) is 0. The van der Waals surface area contributed by atoms with Crippen LogP contribution in [0.15, 0.2) is 88.2 Å². The summed E-state index contributed by atoms with van der Waals surface area (Å²) in [5.41, 5.74) is 1.55. The second-order valence-corrected chi connectivity index (χ2v) is 7.60. The Labute approximate surface area is 162 Å². The Hall–Kier alpha value is -3.32. The highest BCUT2D eigenvalue weighted by atomic mass is 32.2. The van der Waals surface area contributed by atoms with Crippen molar-refractivity contribution in [1.82, 2.24) is 0 Å². The minimum Gasteiger partial charge on any atom is -0.339 e. The van der Waals surface area contributed by atoms with E-state index < -0.39 is 15.8 Å². The van der Waals surface area contributed by atoms with E-state index in [1.54, 1.807) is 54.6 Å². The monoisotopic (exact) mass is 396 g/mol. The summed E-state index contributed by atoms with van der Waals surface area (Å²) in [6, 6.07) is 19.8. The third kappa shape index (κ3) is 4.69. The average Bonchev–Trinajstić information content (AvgIpc) is 2.68. The molecule has 0 fully saturated rings. The fourth-order valence-corrected chi connectivity index (χ4v) is 3.45. The number of nitrogens with zero attached hydrogens (tertiary/aromatic N) is 1. The molecule has 5 nitrogen and oxygen atoms in total. The Morgan fingerprint density at radius 1 is 0.893 bits per heavy atom. The zero-order valence-corrected chi connectivity index (χ0v) is 15.8. The Morgan fingerprint density at radius 3 is 2.18 bits per heavy atom. The maximum atomic E-state index is 13.1. The van der Waals surface area contributed by atoms with Gasteiger partial charge in [0.05, 0.1) is 4.90 Å². The summed E-state index contributed by atoms with van der Waals surface area (Å²) in [5.74, 6) is -0.559. The maximum absolute atomic E-state index is 13.1. The lowest BCUT2D eigenvalue weighted by molar-refractivity contribution is 0.101. The molecule has 0 unspecified atom stereocenters. The van der Waals surface area contributed by atoms with Crippen LogP contribution in [0.25, 0.3) is 0 Å². The number of hydrogen-bond acceptors (Lipinski definition) is 3. The van der Waals surface area contributed by atoms with E-state index in [4.69, 9.17) is 0 Å². The number of amidine groups is 1. The number of anilines is 1. The highest BCUT2D eigenvalue weighted by molar-refractivity contribution is 7.90. The SMILES string of the molecule is CC(=O)c1cccc(N/C(=N\S(=O)(=O)c2ccc(F)cc2)c2ccccc2)c1. The number of carbonyl (C=O) groups excluding carboxylic acids is 1. The van der Waals surface area contributed by atoms with Gasteiger partial charge in [0, 0.05) is 16.8 Å². The fourth-order valence-electron chi connectivity index (χ4n) is 2.48. The Bertz CT molecular complexity index is 1130. The van der Waals surface area contributed by atoms with Gasteiger partial charge in [0.2, 0.25) is 0 Å². The van der Waals surface area contributed by atoms with E-state index in [0.717, 1.165) is 24.3 Å². The van der Waals surface area contributed by atoms with Crippen LogP contribution >= 0.6 is 0 Å². The molecule has 0 saturated heterocycles. The predicted octanol–water partition coefficient (Wildman–Crippen LogP) is 4.28. The van der Waals surface area contributed by atoms with Crippen molar-refractivity contribution in [2.75, 3.05) is 5.32 Å². The van der Waals surface area contributed by atoms with Gasteiger partial charge in [-0.3, -0.25) is 4.79 Å². The number of sulfonamides is 1. The molecule has 0 aromatic heterocycles. The lowest BCUT2D eigenvalue weighted by atomic mass is 10.1. The number of benzene rings is 3. The predicted molar refractivity (Wildman–Crippen MR) is 107 cm³/mol. The normalized spacial score (nSPS) is 11.9. The van der Waals surface area contributed by atoms with Crippen molar-refractivity contribution < 1.29 is 17.6 Å². The van der Waals surface area contributed by atoms with E-state index in [0.29, 0.717) is 16.8 Å². The molecule has 0 heterocycles. The van der Waals surface area contributed by atoms with Gasteiger partial charge in [0.15, 0.2) is 11.6 Å². The first-order valence-corrected chi connectivity index (χ1v) is 9.83. The van der Waals surface area contributed by atoms with Gasteiger partial charge < -0.3 is 5.32 Å². The molecule has 0 atom stereocenters. The van der Waals surface area contributed by atoms with Gasteiger partial charge in [-0.05, 0) is 43.3 Å². The van der Waals surface area contributed by atoms with Crippen LogP contribution in [-0.4, -0.2) is 20.0 Å². The van der Waals surface area contributed by atoms with Crippen molar-refractivity contribution >= 4 is 27.3 Å². The molecule has 0 bridgehead atoms. The van der Waals surface area contributed by atoms with E-state index >= 15 is 0 Å². The highest BCUT2D eigenvalue weighted by Gasteiger charge is 2.16. The molecule has 3 aromatic rings. The maximum Gasteiger partial charge on any atom is 0.284 e. The molecule has 0 aliphatic carbocycles. The van der Waals surface area contributed by atoms with Crippen molar-refractivity contribution in [3.63, 3.8) is 0 Å². The van der Waals surface area contributed by atoms with E-state index in [1.807, 2.05) is 0 Å². The summed E-state index contributed by atoms with van der Waals surface area (Å²) < 4.78 is 42.4. The van der Waals surface area contributed by atoms with Crippen LogP contribution in [-0.2, 0) is 10.0 Å². The molecule has 0 aliphatic rings. The molecule has 0 aliphatic heterocycles. The van der Waals surface area contributed by atoms with Crippen LogP contribution in [0.1, 0.15) is 22.8 Å². The van der Waals surface area contributed by atoms with Crippen molar-refractivity contribution in [3.8, 4) is 0 Å². The number of rotatable bonds is 5. The smallest absolute Gasteiger partial charge is 0.284 e. The molecule has 142 valence electrons. The molecule has 0 amide bonds. The number of nitrogens with one attached hydrogen (secondary N) is 1. The van der Waals surface area contributed by atoms with Gasteiger partial charge in [-0.25, -0.2) is 4.39 Å². The minimum absolute atomic E-state index is 0.0885.